The zero-order valence-electron chi connectivity index (χ0n) is 8.76. The van der Waals surface area contributed by atoms with Gasteiger partial charge in [-0.25, -0.2) is 0 Å². The van der Waals surface area contributed by atoms with Gasteiger partial charge in [0.25, 0.3) is 0 Å². The summed E-state index contributed by atoms with van der Waals surface area (Å²) in [4.78, 5) is 0. The summed E-state index contributed by atoms with van der Waals surface area (Å²) in [5.74, 6) is 0.549. The molecule has 0 spiro atoms. The van der Waals surface area contributed by atoms with E-state index in [1.165, 1.54) is 0 Å². The van der Waals surface area contributed by atoms with Gasteiger partial charge in [0.1, 0.15) is 5.75 Å². The fourth-order valence-electron chi connectivity index (χ4n) is 0.999. The molecule has 0 unspecified atom stereocenters. The number of ether oxygens (including phenoxy) is 1. The Morgan fingerprint density at radius 1 is 1.33 bits per heavy atom. The van der Waals surface area contributed by atoms with Crippen molar-refractivity contribution in [2.75, 3.05) is 6.61 Å². The first-order chi connectivity index (χ1) is 6.88. The van der Waals surface area contributed by atoms with Gasteiger partial charge in [-0.1, -0.05) is 23.2 Å². The highest BCUT2D eigenvalue weighted by Gasteiger charge is 2.12. The predicted molar refractivity (Wildman–Crippen MR) is 62.9 cm³/mol. The van der Waals surface area contributed by atoms with Crippen molar-refractivity contribution in [1.29, 1.82) is 0 Å². The van der Waals surface area contributed by atoms with E-state index >= 15 is 0 Å². The van der Waals surface area contributed by atoms with E-state index in [0.717, 1.165) is 0 Å². The zero-order chi connectivity index (χ0) is 11.5. The lowest BCUT2D eigenvalue weighted by atomic mass is 10.1. The molecule has 2 nitrogen and oxygen atoms in total. The van der Waals surface area contributed by atoms with E-state index in [0.29, 0.717) is 28.8 Å². The quantitative estimate of drug-likeness (QED) is 0.884. The second-order valence-corrected chi connectivity index (χ2v) is 4.83. The van der Waals surface area contributed by atoms with E-state index in [2.05, 4.69) is 0 Å². The predicted octanol–water partition coefficient (Wildman–Crippen LogP) is 3.53. The second kappa shape index (κ2) is 5.06. The molecule has 1 rings (SSSR count). The Morgan fingerprint density at radius 2 is 2.00 bits per heavy atom. The van der Waals surface area contributed by atoms with Crippen LogP contribution < -0.4 is 4.74 Å². The first-order valence-corrected chi connectivity index (χ1v) is 5.44. The van der Waals surface area contributed by atoms with Crippen LogP contribution in [0, 0.1) is 0 Å². The van der Waals surface area contributed by atoms with Gasteiger partial charge in [-0.15, -0.1) is 0 Å². The molecule has 4 heteroatoms. The van der Waals surface area contributed by atoms with Gasteiger partial charge in [-0.2, -0.15) is 0 Å². The Hall–Kier alpha value is -0.440. The highest BCUT2D eigenvalue weighted by Crippen LogP contribution is 2.28. The number of aliphatic hydroxyl groups is 1. The normalized spacial score (nSPS) is 11.5. The number of hydrogen-bond acceptors (Lipinski definition) is 2. The first-order valence-electron chi connectivity index (χ1n) is 4.69. The van der Waals surface area contributed by atoms with Gasteiger partial charge in [-0.05, 0) is 26.0 Å². The van der Waals surface area contributed by atoms with E-state index < -0.39 is 5.60 Å². The van der Waals surface area contributed by atoms with Crippen LogP contribution in [0.1, 0.15) is 20.3 Å². The van der Waals surface area contributed by atoms with Crippen LogP contribution in [0.25, 0.3) is 0 Å². The lowest BCUT2D eigenvalue weighted by molar-refractivity contribution is 0.0553. The fourth-order valence-corrected chi connectivity index (χ4v) is 1.33. The largest absolute Gasteiger partial charge is 0.492 e. The molecule has 84 valence electrons. The molecule has 15 heavy (non-hydrogen) atoms. The Labute approximate surface area is 99.8 Å². The molecule has 0 radical (unpaired) electrons. The number of benzene rings is 1. The van der Waals surface area contributed by atoms with Crippen LogP contribution in [0.2, 0.25) is 10.0 Å². The monoisotopic (exact) mass is 248 g/mol. The van der Waals surface area contributed by atoms with Crippen molar-refractivity contribution in [1.82, 2.24) is 0 Å². The minimum absolute atomic E-state index is 0.406. The molecule has 0 aliphatic rings. The molecule has 1 aromatic carbocycles. The summed E-state index contributed by atoms with van der Waals surface area (Å²) in [7, 11) is 0. The van der Waals surface area contributed by atoms with Gasteiger partial charge in [0.2, 0.25) is 0 Å². The van der Waals surface area contributed by atoms with E-state index in [4.69, 9.17) is 27.9 Å². The first kappa shape index (κ1) is 12.6. The van der Waals surface area contributed by atoms with Crippen LogP contribution in [0.15, 0.2) is 18.2 Å². The van der Waals surface area contributed by atoms with Crippen LogP contribution in [0.3, 0.4) is 0 Å². The maximum Gasteiger partial charge on any atom is 0.139 e. The third-order valence-corrected chi connectivity index (χ3v) is 2.41. The summed E-state index contributed by atoms with van der Waals surface area (Å²) in [6, 6.07) is 5.05. The van der Waals surface area contributed by atoms with Crippen LogP contribution in [0.4, 0.5) is 0 Å². The number of rotatable bonds is 4. The second-order valence-electron chi connectivity index (χ2n) is 3.99. The van der Waals surface area contributed by atoms with Crippen molar-refractivity contribution in [2.24, 2.45) is 0 Å². The Morgan fingerprint density at radius 3 is 2.60 bits per heavy atom. The SMILES string of the molecule is CC(C)(O)CCOc1cc(Cl)ccc1Cl. The average Bonchev–Trinajstić information content (AvgIpc) is 2.09. The maximum absolute atomic E-state index is 9.48. The third-order valence-electron chi connectivity index (χ3n) is 1.86. The van der Waals surface area contributed by atoms with E-state index in [9.17, 15) is 5.11 Å². The van der Waals surface area contributed by atoms with Gasteiger partial charge < -0.3 is 9.84 Å². The van der Waals surface area contributed by atoms with E-state index in [1.54, 1.807) is 32.0 Å². The molecule has 0 atom stereocenters. The fraction of sp³-hybridized carbons (Fsp3) is 0.455. The van der Waals surface area contributed by atoms with Gasteiger partial charge in [0.05, 0.1) is 17.2 Å². The highest BCUT2D eigenvalue weighted by molar-refractivity contribution is 6.34. The minimum atomic E-state index is -0.731. The molecule has 0 bridgehead atoms. The van der Waals surface area contributed by atoms with Crippen LogP contribution in [-0.4, -0.2) is 17.3 Å². The summed E-state index contributed by atoms with van der Waals surface area (Å²) in [5.41, 5.74) is -0.731. The van der Waals surface area contributed by atoms with Crippen molar-refractivity contribution >= 4 is 23.2 Å². The van der Waals surface area contributed by atoms with Crippen LogP contribution >= 0.6 is 23.2 Å². The molecule has 0 fully saturated rings. The Balaban J connectivity index is 2.54. The molecular weight excluding hydrogens is 235 g/mol. The standard InChI is InChI=1S/C11H14Cl2O2/c1-11(2,14)5-6-15-10-7-8(12)3-4-9(10)13/h3-4,7,14H,5-6H2,1-2H3. The molecule has 0 heterocycles. The van der Waals surface area contributed by atoms with Gasteiger partial charge in [-0.3, -0.25) is 0 Å². The number of hydrogen-bond donors (Lipinski definition) is 1. The van der Waals surface area contributed by atoms with Gasteiger partial charge in [0, 0.05) is 17.5 Å². The van der Waals surface area contributed by atoms with Crippen molar-refractivity contribution < 1.29 is 9.84 Å². The lowest BCUT2D eigenvalue weighted by Gasteiger charge is -2.17. The van der Waals surface area contributed by atoms with Gasteiger partial charge >= 0.3 is 0 Å². The summed E-state index contributed by atoms with van der Waals surface area (Å²) >= 11 is 11.7. The van der Waals surface area contributed by atoms with Crippen molar-refractivity contribution in [3.63, 3.8) is 0 Å². The average molecular weight is 249 g/mol. The summed E-state index contributed by atoms with van der Waals surface area (Å²) in [6.45, 7) is 3.87. The van der Waals surface area contributed by atoms with Crippen LogP contribution in [-0.2, 0) is 0 Å². The molecule has 0 amide bonds. The summed E-state index contributed by atoms with van der Waals surface area (Å²) < 4.78 is 5.42. The lowest BCUT2D eigenvalue weighted by Crippen LogP contribution is -2.21. The highest BCUT2D eigenvalue weighted by atomic mass is 35.5. The molecule has 0 aliphatic carbocycles. The molecule has 0 saturated heterocycles. The molecule has 0 saturated carbocycles. The smallest absolute Gasteiger partial charge is 0.139 e. The van der Waals surface area contributed by atoms with Crippen molar-refractivity contribution in [2.45, 2.75) is 25.9 Å². The molecule has 1 aromatic rings. The molecular formula is C11H14Cl2O2. The zero-order valence-corrected chi connectivity index (χ0v) is 10.3. The van der Waals surface area contributed by atoms with Gasteiger partial charge in [0.15, 0.2) is 0 Å². The third kappa shape index (κ3) is 4.74. The van der Waals surface area contributed by atoms with E-state index in [1.807, 2.05) is 0 Å². The Kier molecular flexibility index (Phi) is 4.26. The van der Waals surface area contributed by atoms with Crippen molar-refractivity contribution in [3.8, 4) is 5.75 Å². The van der Waals surface area contributed by atoms with Crippen LogP contribution in [0.5, 0.6) is 5.75 Å². The Bertz CT molecular complexity index is 332. The molecule has 1 N–H and O–H groups in total. The molecule has 0 aliphatic heterocycles. The minimum Gasteiger partial charge on any atom is -0.492 e. The summed E-state index contributed by atoms with van der Waals surface area (Å²) in [5, 5.41) is 10.6. The molecule has 0 aromatic heterocycles. The topological polar surface area (TPSA) is 29.5 Å². The number of halogens is 2. The summed E-state index contributed by atoms with van der Waals surface area (Å²) in [6.07, 6.45) is 0.538. The van der Waals surface area contributed by atoms with Crippen molar-refractivity contribution in [3.05, 3.63) is 28.2 Å². The van der Waals surface area contributed by atoms with E-state index in [-0.39, 0.29) is 0 Å². The maximum atomic E-state index is 9.48.